The third-order valence-corrected chi connectivity index (χ3v) is 1.81. The summed E-state index contributed by atoms with van der Waals surface area (Å²) in [6, 6.07) is 0. The predicted octanol–water partition coefficient (Wildman–Crippen LogP) is 3.79. The summed E-state index contributed by atoms with van der Waals surface area (Å²) in [4.78, 5) is 0. The van der Waals surface area contributed by atoms with Crippen molar-refractivity contribution in [1.82, 2.24) is 0 Å². The second kappa shape index (κ2) is 7.38. The van der Waals surface area contributed by atoms with E-state index in [0.717, 1.165) is 6.42 Å². The average Bonchev–Trinajstić information content (AvgIpc) is 1.87. The molecule has 0 heterocycles. The summed E-state index contributed by atoms with van der Waals surface area (Å²) in [5.74, 6) is 0. The fraction of sp³-hybridized carbons (Fsp3) is 0.750. The van der Waals surface area contributed by atoms with Gasteiger partial charge in [-0.05, 0) is 41.5 Å². The zero-order valence-corrected chi connectivity index (χ0v) is 8.60. The van der Waals surface area contributed by atoms with E-state index < -0.39 is 0 Å². The highest BCUT2D eigenvalue weighted by Crippen LogP contribution is 2.07. The van der Waals surface area contributed by atoms with Crippen LogP contribution < -0.4 is 0 Å². The van der Waals surface area contributed by atoms with E-state index in [4.69, 9.17) is 5.11 Å². The molecule has 2 heteroatoms. The highest BCUT2D eigenvalue weighted by atomic mass is 127. The van der Waals surface area contributed by atoms with Crippen molar-refractivity contribution >= 4 is 22.6 Å². The molecule has 0 atom stereocenters. The number of aliphatic hydroxyl groups excluding tert-OH is 1. The van der Waals surface area contributed by atoms with Crippen molar-refractivity contribution in [3.63, 3.8) is 0 Å². The number of rotatable bonds is 5. The summed E-state index contributed by atoms with van der Waals surface area (Å²) in [7, 11) is 0. The molecule has 0 fully saturated rings. The molecule has 0 amide bonds. The second-order valence-electron chi connectivity index (χ2n) is 2.38. The van der Waals surface area contributed by atoms with Crippen LogP contribution in [0.5, 0.6) is 0 Å². The fourth-order valence-corrected chi connectivity index (χ4v) is 1.10. The van der Waals surface area contributed by atoms with Crippen molar-refractivity contribution in [2.75, 3.05) is 0 Å². The van der Waals surface area contributed by atoms with Crippen LogP contribution in [0.25, 0.3) is 0 Å². The molecule has 0 saturated carbocycles. The van der Waals surface area contributed by atoms with Gasteiger partial charge >= 0.3 is 0 Å². The Morgan fingerprint density at radius 1 is 1.40 bits per heavy atom. The van der Waals surface area contributed by atoms with Crippen LogP contribution in [0.3, 0.4) is 0 Å². The molecular weight excluding hydrogens is 239 g/mol. The third-order valence-electron chi connectivity index (χ3n) is 1.37. The van der Waals surface area contributed by atoms with Crippen LogP contribution >= 0.6 is 22.6 Å². The monoisotopic (exact) mass is 254 g/mol. The Kier molecular flexibility index (Phi) is 7.58. The highest BCUT2D eigenvalue weighted by molar-refractivity contribution is 14.1. The van der Waals surface area contributed by atoms with Gasteiger partial charge in [-0.2, -0.15) is 0 Å². The Morgan fingerprint density at radius 3 is 2.60 bits per heavy atom. The van der Waals surface area contributed by atoms with Gasteiger partial charge in [0.05, 0.1) is 0 Å². The van der Waals surface area contributed by atoms with Gasteiger partial charge in [0.1, 0.15) is 3.77 Å². The van der Waals surface area contributed by atoms with E-state index in [0.29, 0.717) is 3.77 Å². The molecule has 0 aromatic heterocycles. The van der Waals surface area contributed by atoms with Gasteiger partial charge < -0.3 is 5.11 Å². The second-order valence-corrected chi connectivity index (χ2v) is 3.48. The van der Waals surface area contributed by atoms with Crippen LogP contribution in [0.1, 0.15) is 39.0 Å². The van der Waals surface area contributed by atoms with E-state index in [1.54, 1.807) is 0 Å². The molecule has 0 saturated heterocycles. The van der Waals surface area contributed by atoms with Gasteiger partial charge in [0.25, 0.3) is 0 Å². The van der Waals surface area contributed by atoms with Crippen LogP contribution in [-0.2, 0) is 0 Å². The number of unbranched alkanes of at least 4 members (excludes halogenated alkanes) is 4. The van der Waals surface area contributed by atoms with Crippen LogP contribution in [0.4, 0.5) is 0 Å². The van der Waals surface area contributed by atoms with Crippen LogP contribution in [0.2, 0.25) is 0 Å². The molecule has 0 radical (unpaired) electrons. The first-order valence-corrected chi connectivity index (χ1v) is 4.90. The molecule has 1 N–H and O–H groups in total. The smallest absolute Gasteiger partial charge is 0.149 e. The number of halogens is 1. The first kappa shape index (κ1) is 10.3. The molecule has 10 heavy (non-hydrogen) atoms. The maximum atomic E-state index is 8.76. The molecule has 0 bridgehead atoms. The summed E-state index contributed by atoms with van der Waals surface area (Å²) in [6.07, 6.45) is 7.98. The number of allylic oxidation sites excluding steroid dienone is 1. The van der Waals surface area contributed by atoms with Gasteiger partial charge in [-0.1, -0.05) is 26.2 Å². The van der Waals surface area contributed by atoms with Gasteiger partial charge in [0, 0.05) is 0 Å². The third kappa shape index (κ3) is 8.27. The molecular formula is C8H15IO. The van der Waals surface area contributed by atoms with Crippen LogP contribution in [0, 0.1) is 0 Å². The van der Waals surface area contributed by atoms with Crippen molar-refractivity contribution < 1.29 is 5.11 Å². The van der Waals surface area contributed by atoms with Crippen molar-refractivity contribution in [3.8, 4) is 0 Å². The number of aliphatic hydroxyl groups is 1. The molecule has 0 rings (SSSR count). The number of hydrogen-bond acceptors (Lipinski definition) is 1. The largest absolute Gasteiger partial charge is 0.503 e. The molecule has 0 spiro atoms. The summed E-state index contributed by atoms with van der Waals surface area (Å²) >= 11 is 1.92. The Labute approximate surface area is 76.7 Å². The fourth-order valence-electron chi connectivity index (χ4n) is 0.792. The lowest BCUT2D eigenvalue weighted by Gasteiger charge is -1.93. The SMILES string of the molecule is CCCCCC/C=C(/O)I. The quantitative estimate of drug-likeness (QED) is 0.449. The van der Waals surface area contributed by atoms with Crippen LogP contribution in [0.15, 0.2) is 9.84 Å². The lowest BCUT2D eigenvalue weighted by atomic mass is 10.2. The Hall–Kier alpha value is 0.270. The van der Waals surface area contributed by atoms with Gasteiger partial charge in [-0.3, -0.25) is 0 Å². The predicted molar refractivity (Wildman–Crippen MR) is 53.5 cm³/mol. The Morgan fingerprint density at radius 2 is 2.10 bits per heavy atom. The molecule has 0 aliphatic rings. The molecule has 0 aromatic rings. The van der Waals surface area contributed by atoms with Crippen molar-refractivity contribution in [2.45, 2.75) is 39.0 Å². The molecule has 1 nitrogen and oxygen atoms in total. The molecule has 0 aromatic carbocycles. The molecule has 60 valence electrons. The molecule has 0 aliphatic carbocycles. The summed E-state index contributed by atoms with van der Waals surface area (Å²) in [5, 5.41) is 8.76. The first-order chi connectivity index (χ1) is 4.77. The molecule has 0 unspecified atom stereocenters. The van der Waals surface area contributed by atoms with Gasteiger partial charge in [-0.15, -0.1) is 0 Å². The number of hydrogen-bond donors (Lipinski definition) is 1. The van der Waals surface area contributed by atoms with E-state index in [2.05, 4.69) is 6.92 Å². The van der Waals surface area contributed by atoms with E-state index in [1.165, 1.54) is 25.7 Å². The van der Waals surface area contributed by atoms with Crippen LogP contribution in [-0.4, -0.2) is 5.11 Å². The van der Waals surface area contributed by atoms with E-state index >= 15 is 0 Å². The van der Waals surface area contributed by atoms with E-state index in [-0.39, 0.29) is 0 Å². The maximum Gasteiger partial charge on any atom is 0.149 e. The van der Waals surface area contributed by atoms with Gasteiger partial charge in [0.2, 0.25) is 0 Å². The lowest BCUT2D eigenvalue weighted by molar-refractivity contribution is 0.461. The minimum absolute atomic E-state index is 0.425. The van der Waals surface area contributed by atoms with Gasteiger partial charge in [0.15, 0.2) is 0 Å². The van der Waals surface area contributed by atoms with Crippen molar-refractivity contribution in [2.24, 2.45) is 0 Å². The van der Waals surface area contributed by atoms with Crippen molar-refractivity contribution in [1.29, 1.82) is 0 Å². The summed E-state index contributed by atoms with van der Waals surface area (Å²) in [6.45, 7) is 2.20. The average molecular weight is 254 g/mol. The Balaban J connectivity index is 2.98. The maximum absolute atomic E-state index is 8.76. The topological polar surface area (TPSA) is 20.2 Å². The zero-order valence-electron chi connectivity index (χ0n) is 6.44. The lowest BCUT2D eigenvalue weighted by Crippen LogP contribution is -1.74. The van der Waals surface area contributed by atoms with E-state index in [1.807, 2.05) is 28.7 Å². The standard InChI is InChI=1S/C8H15IO/c1-2-3-4-5-6-7-8(9)10/h7,10H,2-6H2,1H3/b8-7+. The van der Waals surface area contributed by atoms with Gasteiger partial charge in [-0.25, -0.2) is 0 Å². The minimum atomic E-state index is 0.425. The summed E-state index contributed by atoms with van der Waals surface area (Å²) in [5.41, 5.74) is 0. The summed E-state index contributed by atoms with van der Waals surface area (Å²) < 4.78 is 0.425. The minimum Gasteiger partial charge on any atom is -0.503 e. The molecule has 0 aliphatic heterocycles. The van der Waals surface area contributed by atoms with Crippen molar-refractivity contribution in [3.05, 3.63) is 9.84 Å². The first-order valence-electron chi connectivity index (χ1n) is 3.82. The normalized spacial score (nSPS) is 12.0. The Bertz CT molecular complexity index is 95.4. The highest BCUT2D eigenvalue weighted by Gasteiger charge is 1.86. The zero-order chi connectivity index (χ0) is 7.82. The van der Waals surface area contributed by atoms with E-state index in [9.17, 15) is 0 Å².